The number of hydrogen-bond acceptors (Lipinski definition) is 5. The van der Waals surface area contributed by atoms with Crippen molar-refractivity contribution in [3.05, 3.63) is 40.7 Å². The van der Waals surface area contributed by atoms with E-state index in [0.29, 0.717) is 36.0 Å². The van der Waals surface area contributed by atoms with Gasteiger partial charge in [0.15, 0.2) is 0 Å². The van der Waals surface area contributed by atoms with Crippen molar-refractivity contribution in [1.29, 1.82) is 0 Å². The molecule has 2 aliphatic rings. The minimum absolute atomic E-state index is 0.00344. The van der Waals surface area contributed by atoms with Gasteiger partial charge in [-0.2, -0.15) is 0 Å². The summed E-state index contributed by atoms with van der Waals surface area (Å²) in [6, 6.07) is 6.19. The van der Waals surface area contributed by atoms with Crippen molar-refractivity contribution in [2.75, 3.05) is 39.3 Å². The summed E-state index contributed by atoms with van der Waals surface area (Å²) in [5.41, 5.74) is 1.52. The van der Waals surface area contributed by atoms with Gasteiger partial charge in [0.1, 0.15) is 15.7 Å². The number of benzene rings is 1. The third-order valence-electron chi connectivity index (χ3n) is 6.91. The highest BCUT2D eigenvalue weighted by Gasteiger charge is 2.27. The topological polar surface area (TPSA) is 65.5 Å². The molecule has 2 amide bonds. The monoisotopic (exact) mass is 486 g/mol. The number of hydrogen-bond donors (Lipinski definition) is 1. The Labute approximate surface area is 205 Å². The van der Waals surface area contributed by atoms with Crippen LogP contribution in [0.3, 0.4) is 0 Å². The first-order valence-electron chi connectivity index (χ1n) is 12.5. The van der Waals surface area contributed by atoms with E-state index in [1.165, 1.54) is 49.2 Å². The van der Waals surface area contributed by atoms with E-state index in [0.717, 1.165) is 49.6 Å². The van der Waals surface area contributed by atoms with Gasteiger partial charge in [0.2, 0.25) is 5.91 Å². The van der Waals surface area contributed by atoms with Gasteiger partial charge in [0.05, 0.1) is 5.69 Å². The number of piperidine rings is 1. The van der Waals surface area contributed by atoms with Crippen LogP contribution in [0.1, 0.15) is 60.3 Å². The fraction of sp³-hybridized carbons (Fsp3) is 0.577. The summed E-state index contributed by atoms with van der Waals surface area (Å²) in [6.45, 7) is 7.12. The van der Waals surface area contributed by atoms with Gasteiger partial charge >= 0.3 is 0 Å². The van der Waals surface area contributed by atoms with Crippen molar-refractivity contribution < 1.29 is 14.0 Å². The molecule has 2 fully saturated rings. The van der Waals surface area contributed by atoms with Crippen LogP contribution in [0.25, 0.3) is 10.6 Å². The highest BCUT2D eigenvalue weighted by Crippen LogP contribution is 2.30. The van der Waals surface area contributed by atoms with Crippen LogP contribution in [0, 0.1) is 18.7 Å². The van der Waals surface area contributed by atoms with Gasteiger partial charge in [-0.1, -0.05) is 12.8 Å². The second-order valence-corrected chi connectivity index (χ2v) is 10.5. The lowest BCUT2D eigenvalue weighted by Crippen LogP contribution is -2.40. The lowest BCUT2D eigenvalue weighted by molar-refractivity contribution is -0.122. The Morgan fingerprint density at radius 1 is 1.06 bits per heavy atom. The molecule has 0 atom stereocenters. The lowest BCUT2D eigenvalue weighted by Gasteiger charge is -2.31. The minimum Gasteiger partial charge on any atom is -0.355 e. The number of carbonyl (C=O) groups is 2. The molecule has 4 rings (SSSR count). The van der Waals surface area contributed by atoms with Crippen LogP contribution in [0.15, 0.2) is 24.3 Å². The second kappa shape index (κ2) is 11.9. The molecule has 3 heterocycles. The van der Waals surface area contributed by atoms with Crippen molar-refractivity contribution in [1.82, 2.24) is 20.1 Å². The zero-order valence-electron chi connectivity index (χ0n) is 20.0. The number of nitrogens with one attached hydrogen (secondary N) is 1. The van der Waals surface area contributed by atoms with Gasteiger partial charge in [-0.05, 0) is 75.9 Å². The molecule has 1 aromatic carbocycles. The quantitative estimate of drug-likeness (QED) is 0.626. The molecular formula is C26H35FN4O2S. The van der Waals surface area contributed by atoms with E-state index < -0.39 is 0 Å². The van der Waals surface area contributed by atoms with Crippen molar-refractivity contribution in [3.8, 4) is 10.6 Å². The lowest BCUT2D eigenvalue weighted by atomic mass is 9.93. The predicted octanol–water partition coefficient (Wildman–Crippen LogP) is 4.49. The van der Waals surface area contributed by atoms with Crippen LogP contribution in [0.4, 0.5) is 4.39 Å². The summed E-state index contributed by atoms with van der Waals surface area (Å²) in [5, 5.41) is 3.82. The number of aromatic nitrogens is 1. The fourth-order valence-electron chi connectivity index (χ4n) is 4.84. The predicted molar refractivity (Wildman–Crippen MR) is 133 cm³/mol. The molecule has 1 N–H and O–H groups in total. The number of aryl methyl sites for hydroxylation is 1. The van der Waals surface area contributed by atoms with E-state index in [1.807, 2.05) is 11.8 Å². The Kier molecular flexibility index (Phi) is 8.67. The average molecular weight is 487 g/mol. The van der Waals surface area contributed by atoms with Gasteiger partial charge in [-0.15, -0.1) is 11.3 Å². The summed E-state index contributed by atoms with van der Waals surface area (Å²) in [7, 11) is 0. The number of amides is 2. The zero-order chi connectivity index (χ0) is 23.9. The summed E-state index contributed by atoms with van der Waals surface area (Å²) >= 11 is 1.36. The molecule has 0 aliphatic carbocycles. The summed E-state index contributed by atoms with van der Waals surface area (Å²) in [6.07, 6.45) is 7.39. The maximum atomic E-state index is 13.2. The molecule has 1 aromatic heterocycles. The minimum atomic E-state index is -0.290. The van der Waals surface area contributed by atoms with Crippen molar-refractivity contribution >= 4 is 23.2 Å². The second-order valence-electron chi connectivity index (χ2n) is 9.49. The molecule has 0 saturated carbocycles. The van der Waals surface area contributed by atoms with E-state index >= 15 is 0 Å². The Bertz CT molecular complexity index is 962. The number of carbonyl (C=O) groups excluding carboxylic acids is 2. The van der Waals surface area contributed by atoms with E-state index in [4.69, 9.17) is 0 Å². The standard InChI is InChI=1S/C26H35FN4O2S/c1-19-24(34-25(29-19)21-6-8-22(27)9-7-21)26(33)31-15-10-20(11-16-31)18-23(32)28-12-17-30-13-4-2-3-5-14-30/h6-9,20H,2-5,10-18H2,1H3,(H,28,32). The van der Waals surface area contributed by atoms with E-state index in [2.05, 4.69) is 15.2 Å². The van der Waals surface area contributed by atoms with E-state index in [-0.39, 0.29) is 17.6 Å². The summed E-state index contributed by atoms with van der Waals surface area (Å²) < 4.78 is 13.2. The Balaban J connectivity index is 1.21. The molecule has 184 valence electrons. The first-order chi connectivity index (χ1) is 16.5. The van der Waals surface area contributed by atoms with Crippen LogP contribution in [-0.2, 0) is 4.79 Å². The van der Waals surface area contributed by atoms with Crippen molar-refractivity contribution in [2.45, 2.75) is 51.9 Å². The molecule has 6 nitrogen and oxygen atoms in total. The zero-order valence-corrected chi connectivity index (χ0v) is 20.8. The molecular weight excluding hydrogens is 451 g/mol. The smallest absolute Gasteiger partial charge is 0.265 e. The summed E-state index contributed by atoms with van der Waals surface area (Å²) in [4.78, 5) is 35.1. The highest BCUT2D eigenvalue weighted by atomic mass is 32.1. The number of halogens is 1. The molecule has 2 aromatic rings. The van der Waals surface area contributed by atoms with Gasteiger partial charge in [-0.25, -0.2) is 9.37 Å². The number of rotatable bonds is 7. The number of nitrogens with zero attached hydrogens (tertiary/aromatic N) is 3. The van der Waals surface area contributed by atoms with Crippen LogP contribution in [-0.4, -0.2) is 65.9 Å². The van der Waals surface area contributed by atoms with Gasteiger partial charge in [-0.3, -0.25) is 9.59 Å². The average Bonchev–Trinajstić information content (AvgIpc) is 3.03. The summed E-state index contributed by atoms with van der Waals surface area (Å²) in [5.74, 6) is 0.160. The Morgan fingerprint density at radius 2 is 1.74 bits per heavy atom. The first-order valence-corrected chi connectivity index (χ1v) is 13.3. The molecule has 0 unspecified atom stereocenters. The maximum Gasteiger partial charge on any atom is 0.265 e. The number of likely N-dealkylation sites (tertiary alicyclic amines) is 2. The normalized spacial score (nSPS) is 18.0. The number of thiazole rings is 1. The molecule has 2 aliphatic heterocycles. The van der Waals surface area contributed by atoms with Gasteiger partial charge in [0.25, 0.3) is 5.91 Å². The highest BCUT2D eigenvalue weighted by molar-refractivity contribution is 7.17. The molecule has 0 bridgehead atoms. The Morgan fingerprint density at radius 3 is 2.41 bits per heavy atom. The fourth-order valence-corrected chi connectivity index (χ4v) is 5.88. The van der Waals surface area contributed by atoms with E-state index in [1.54, 1.807) is 12.1 Å². The van der Waals surface area contributed by atoms with Gasteiger partial charge in [0, 0.05) is 38.2 Å². The van der Waals surface area contributed by atoms with Crippen molar-refractivity contribution in [2.24, 2.45) is 5.92 Å². The van der Waals surface area contributed by atoms with Gasteiger partial charge < -0.3 is 15.1 Å². The first kappa shape index (κ1) is 24.8. The van der Waals surface area contributed by atoms with Crippen LogP contribution in [0.2, 0.25) is 0 Å². The third kappa shape index (κ3) is 6.63. The molecule has 0 spiro atoms. The Hall–Kier alpha value is -2.32. The van der Waals surface area contributed by atoms with Crippen LogP contribution in [0.5, 0.6) is 0 Å². The molecule has 2 saturated heterocycles. The molecule has 8 heteroatoms. The third-order valence-corrected chi connectivity index (χ3v) is 8.10. The van der Waals surface area contributed by atoms with Crippen molar-refractivity contribution in [3.63, 3.8) is 0 Å². The van der Waals surface area contributed by atoms with Crippen LogP contribution < -0.4 is 5.32 Å². The maximum absolute atomic E-state index is 13.2. The molecule has 0 radical (unpaired) electrons. The SMILES string of the molecule is Cc1nc(-c2ccc(F)cc2)sc1C(=O)N1CCC(CC(=O)NCCN2CCCCCC2)CC1. The van der Waals surface area contributed by atoms with Crippen LogP contribution >= 0.6 is 11.3 Å². The van der Waals surface area contributed by atoms with E-state index in [9.17, 15) is 14.0 Å². The molecule has 34 heavy (non-hydrogen) atoms. The largest absolute Gasteiger partial charge is 0.355 e.